The fourth-order valence-electron chi connectivity index (χ4n) is 7.29. The number of fused-ring (bicyclic) bond motifs is 6. The lowest BCUT2D eigenvalue weighted by molar-refractivity contribution is -0.122. The van der Waals surface area contributed by atoms with Crippen LogP contribution in [0, 0.1) is 12.8 Å². The molecule has 5 nitrogen and oxygen atoms in total. The average molecular weight is 533 g/mol. The highest BCUT2D eigenvalue weighted by Crippen LogP contribution is 2.58. The van der Waals surface area contributed by atoms with E-state index < -0.39 is 23.4 Å². The van der Waals surface area contributed by atoms with E-state index in [-0.39, 0.29) is 17.5 Å². The van der Waals surface area contributed by atoms with Gasteiger partial charge >= 0.3 is 0 Å². The van der Waals surface area contributed by atoms with Gasteiger partial charge < -0.3 is 10.2 Å². The van der Waals surface area contributed by atoms with Crippen molar-refractivity contribution < 1.29 is 14.4 Å². The summed E-state index contributed by atoms with van der Waals surface area (Å²) in [6, 6.07) is 20.3. The molecule has 0 aliphatic carbocycles. The predicted molar refractivity (Wildman–Crippen MR) is 160 cm³/mol. The number of nitrogens with zero attached hydrogens (tertiary/aromatic N) is 1. The monoisotopic (exact) mass is 532 g/mol. The number of aryl methyl sites for hydroxylation is 2. The lowest BCUT2D eigenvalue weighted by atomic mass is 9.64. The van der Waals surface area contributed by atoms with Crippen LogP contribution in [0.15, 0.2) is 72.8 Å². The molecule has 3 aliphatic rings. The molecule has 40 heavy (non-hydrogen) atoms. The molecular weight excluding hydrogens is 496 g/mol. The van der Waals surface area contributed by atoms with Gasteiger partial charge in [-0.1, -0.05) is 79.9 Å². The van der Waals surface area contributed by atoms with E-state index in [2.05, 4.69) is 36.2 Å². The van der Waals surface area contributed by atoms with Gasteiger partial charge in [0.05, 0.1) is 18.0 Å². The van der Waals surface area contributed by atoms with E-state index in [0.29, 0.717) is 11.3 Å². The van der Waals surface area contributed by atoms with Gasteiger partial charge in [-0.3, -0.25) is 14.4 Å². The number of rotatable bonds is 7. The van der Waals surface area contributed by atoms with Crippen molar-refractivity contribution in [2.75, 3.05) is 10.2 Å². The summed E-state index contributed by atoms with van der Waals surface area (Å²) < 4.78 is 0. The molecule has 3 aliphatic heterocycles. The fourth-order valence-corrected chi connectivity index (χ4v) is 7.29. The average Bonchev–Trinajstić information content (AvgIpc) is 3.41. The summed E-state index contributed by atoms with van der Waals surface area (Å²) in [6.45, 7) is 7.84. The molecule has 0 saturated carbocycles. The number of Topliss-reactive ketones (excluding diaryl/α,β-unsaturated/α-hetero) is 2. The number of nitrogens with one attached hydrogen (secondary N) is 1. The molecular formula is C35H36N2O3. The van der Waals surface area contributed by atoms with Gasteiger partial charge in [0, 0.05) is 22.5 Å². The largest absolute Gasteiger partial charge is 0.352 e. The molecule has 5 heteroatoms. The zero-order valence-corrected chi connectivity index (χ0v) is 23.7. The van der Waals surface area contributed by atoms with E-state index >= 15 is 0 Å². The molecule has 1 fully saturated rings. The molecule has 1 amide bonds. The summed E-state index contributed by atoms with van der Waals surface area (Å²) in [6.07, 6.45) is 6.51. The Labute approximate surface area is 236 Å². The number of hydrogen-bond donors (Lipinski definition) is 1. The van der Waals surface area contributed by atoms with Crippen molar-refractivity contribution in [1.82, 2.24) is 0 Å². The van der Waals surface area contributed by atoms with Gasteiger partial charge in [-0.25, -0.2) is 0 Å². The number of anilines is 2. The van der Waals surface area contributed by atoms with Crippen molar-refractivity contribution in [2.45, 2.75) is 70.9 Å². The molecule has 0 aromatic heterocycles. The van der Waals surface area contributed by atoms with Gasteiger partial charge in [-0.2, -0.15) is 0 Å². The van der Waals surface area contributed by atoms with Crippen LogP contribution in [0.25, 0.3) is 5.57 Å². The van der Waals surface area contributed by atoms with Crippen LogP contribution in [-0.2, 0) is 21.4 Å². The van der Waals surface area contributed by atoms with Gasteiger partial charge in [0.2, 0.25) is 5.91 Å². The van der Waals surface area contributed by atoms with Crippen molar-refractivity contribution in [2.24, 2.45) is 5.92 Å². The highest BCUT2D eigenvalue weighted by atomic mass is 16.2. The summed E-state index contributed by atoms with van der Waals surface area (Å²) in [5.41, 5.74) is 6.08. The molecule has 0 radical (unpaired) electrons. The minimum absolute atomic E-state index is 0.118. The maximum Gasteiger partial charge on any atom is 0.238 e. The molecule has 0 bridgehead atoms. The third-order valence-electron chi connectivity index (χ3n) is 9.14. The number of para-hydroxylation sites is 1. The highest BCUT2D eigenvalue weighted by molar-refractivity contribution is 6.16. The zero-order chi connectivity index (χ0) is 28.2. The Kier molecular flexibility index (Phi) is 6.48. The van der Waals surface area contributed by atoms with E-state index in [4.69, 9.17) is 0 Å². The van der Waals surface area contributed by atoms with Crippen molar-refractivity contribution in [3.8, 4) is 0 Å². The minimum atomic E-state index is -1.24. The number of ketones is 2. The Morgan fingerprint density at radius 2 is 1.73 bits per heavy atom. The Morgan fingerprint density at radius 1 is 0.975 bits per heavy atom. The van der Waals surface area contributed by atoms with Crippen molar-refractivity contribution in [3.63, 3.8) is 0 Å². The summed E-state index contributed by atoms with van der Waals surface area (Å²) >= 11 is 0. The fraction of sp³-hybridized carbons (Fsp3) is 0.343. The van der Waals surface area contributed by atoms with Gasteiger partial charge in [0.1, 0.15) is 5.41 Å². The van der Waals surface area contributed by atoms with Crippen LogP contribution in [0.5, 0.6) is 0 Å². The molecule has 1 saturated heterocycles. The molecule has 1 N–H and O–H groups in total. The van der Waals surface area contributed by atoms with Crippen LogP contribution >= 0.6 is 0 Å². The summed E-state index contributed by atoms with van der Waals surface area (Å²) in [5, 5.41) is 3.09. The van der Waals surface area contributed by atoms with E-state index in [9.17, 15) is 14.4 Å². The van der Waals surface area contributed by atoms with E-state index in [1.165, 1.54) is 12.0 Å². The molecule has 3 aromatic rings. The van der Waals surface area contributed by atoms with Crippen molar-refractivity contribution in [3.05, 3.63) is 101 Å². The molecule has 204 valence electrons. The number of hydrogen-bond acceptors (Lipinski definition) is 4. The van der Waals surface area contributed by atoms with E-state index in [1.54, 1.807) is 6.92 Å². The number of allylic oxidation sites excluding steroid dienone is 1. The second-order valence-corrected chi connectivity index (χ2v) is 11.6. The molecule has 4 atom stereocenters. The maximum atomic E-state index is 14.7. The van der Waals surface area contributed by atoms with Crippen LogP contribution in [0.4, 0.5) is 11.4 Å². The van der Waals surface area contributed by atoms with Crippen molar-refractivity contribution >= 4 is 34.4 Å². The third kappa shape index (κ3) is 3.78. The topological polar surface area (TPSA) is 66.5 Å². The first kappa shape index (κ1) is 26.2. The molecule has 1 spiro atoms. The summed E-state index contributed by atoms with van der Waals surface area (Å²) in [4.78, 5) is 44.6. The SMILES string of the molecule is CCCCCc1ccc(C(=O)C2C(C(C)=O)N3c4ccc(C)cc4C(C)=CC3C23C(=O)Nc2ccccc23)cc1. The van der Waals surface area contributed by atoms with Crippen LogP contribution in [0.1, 0.15) is 72.6 Å². The first-order valence-electron chi connectivity index (χ1n) is 14.4. The first-order valence-corrected chi connectivity index (χ1v) is 14.4. The van der Waals surface area contributed by atoms with Gasteiger partial charge in [0.15, 0.2) is 11.6 Å². The third-order valence-corrected chi connectivity index (χ3v) is 9.14. The normalized spacial score (nSPS) is 24.3. The Morgan fingerprint density at radius 3 is 2.45 bits per heavy atom. The Bertz CT molecular complexity index is 1550. The minimum Gasteiger partial charge on any atom is -0.352 e. The maximum absolute atomic E-state index is 14.7. The van der Waals surface area contributed by atoms with Gasteiger partial charge in [0.25, 0.3) is 0 Å². The summed E-state index contributed by atoms with van der Waals surface area (Å²) in [5.74, 6) is -1.39. The standard InChI is InChI=1S/C35H36N2O3/c1-5-6-7-10-24-14-16-25(17-15-24)33(39)31-32(23(4)38)37-29-18-13-21(2)19-26(29)22(3)20-30(37)35(31)27-11-8-9-12-28(27)36-34(35)40/h8-9,11-20,30-32H,5-7,10H2,1-4H3,(H,36,40). The molecule has 4 unspecified atom stereocenters. The Hall–Kier alpha value is -3.99. The zero-order valence-electron chi connectivity index (χ0n) is 23.7. The number of carbonyl (C=O) groups is 3. The number of benzene rings is 3. The van der Waals surface area contributed by atoms with E-state index in [1.807, 2.05) is 67.6 Å². The van der Waals surface area contributed by atoms with Gasteiger partial charge in [-0.15, -0.1) is 0 Å². The second-order valence-electron chi connectivity index (χ2n) is 11.6. The highest BCUT2D eigenvalue weighted by Gasteiger charge is 2.70. The number of carbonyl (C=O) groups excluding carboxylic acids is 3. The molecule has 3 aromatic carbocycles. The first-order chi connectivity index (χ1) is 19.3. The lowest BCUT2D eigenvalue weighted by Crippen LogP contribution is -2.51. The van der Waals surface area contributed by atoms with Crippen LogP contribution in [-0.4, -0.2) is 29.6 Å². The summed E-state index contributed by atoms with van der Waals surface area (Å²) in [7, 11) is 0. The predicted octanol–water partition coefficient (Wildman–Crippen LogP) is 6.68. The molecule has 6 rings (SSSR count). The van der Waals surface area contributed by atoms with E-state index in [0.717, 1.165) is 47.2 Å². The second kappa shape index (κ2) is 9.88. The number of amides is 1. The number of unbranched alkanes of at least 4 members (excludes halogenated alkanes) is 2. The quantitative estimate of drug-likeness (QED) is 0.272. The van der Waals surface area contributed by atoms with Crippen LogP contribution in [0.3, 0.4) is 0 Å². The smallest absolute Gasteiger partial charge is 0.238 e. The van der Waals surface area contributed by atoms with Crippen LogP contribution < -0.4 is 10.2 Å². The lowest BCUT2D eigenvalue weighted by Gasteiger charge is -2.39. The van der Waals surface area contributed by atoms with Gasteiger partial charge in [-0.05, 0) is 68.5 Å². The Balaban J connectivity index is 1.55. The molecule has 3 heterocycles. The van der Waals surface area contributed by atoms with Crippen molar-refractivity contribution in [1.29, 1.82) is 0 Å². The van der Waals surface area contributed by atoms with Crippen LogP contribution in [0.2, 0.25) is 0 Å².